The molecule has 9 atom stereocenters. The number of carboxylic acid groups (broad SMARTS) is 3. The fourth-order valence-corrected chi connectivity index (χ4v) is 15.3. The highest BCUT2D eigenvalue weighted by atomic mass is 32.2. The fraction of sp³-hybridized carbons (Fsp3) is 0.604. The van der Waals surface area contributed by atoms with Gasteiger partial charge in [-0.2, -0.15) is 0 Å². The fourth-order valence-electron chi connectivity index (χ4n) is 14.2. The highest BCUT2D eigenvalue weighted by molar-refractivity contribution is 7.99. The molecule has 0 spiro atoms. The van der Waals surface area contributed by atoms with Crippen LogP contribution in [-0.4, -0.2) is 80.7 Å². The van der Waals surface area contributed by atoms with Gasteiger partial charge in [0.15, 0.2) is 0 Å². The lowest BCUT2D eigenvalue weighted by Crippen LogP contribution is -2.67. The van der Waals surface area contributed by atoms with Crippen LogP contribution in [0.15, 0.2) is 87.7 Å². The van der Waals surface area contributed by atoms with Gasteiger partial charge < -0.3 is 30.4 Å². The van der Waals surface area contributed by atoms with Crippen LogP contribution < -0.4 is 0 Å². The van der Waals surface area contributed by atoms with Crippen LogP contribution in [0.3, 0.4) is 0 Å². The maximum atomic E-state index is 12.8. The number of carbonyl (C=O) groups is 3. The van der Waals surface area contributed by atoms with Gasteiger partial charge in [0.2, 0.25) is 0 Å². The number of nitrogens with zero attached hydrogens (tertiary/aromatic N) is 1. The molecule has 0 amide bonds. The zero-order chi connectivity index (χ0) is 45.9. The molecule has 2 aromatic carbocycles. The van der Waals surface area contributed by atoms with Crippen molar-refractivity contribution in [1.82, 2.24) is 4.90 Å². The standard InChI is InChI=1S/C30H48O4.C19H19NS.C4H4O4/c1-25(2)14-15-30(24(33)34)19(16-25)18-8-9-21-27(5)12-11-22(31)26(3,4)20(27)10-13-28(21,6)29(18,7)17-23(30)32;1-20-12-10-14(11-13-20)19-15-6-2-4-8-17(15)21-18-9-5-3-7-16(18)19;5-3(6)1-2-4(7)8/h8,19-23,31-32H,9-17H2,1-7H3,(H,33,34);2-9H,10-13H2,1H3;1-2H,(H,5,6)(H,7,8). The summed E-state index contributed by atoms with van der Waals surface area (Å²) in [5.41, 5.74) is 6.30. The topological polar surface area (TPSA) is 156 Å². The number of likely N-dealkylation sites (tertiary alicyclic amines) is 1. The van der Waals surface area contributed by atoms with Gasteiger partial charge in [-0.05, 0) is 151 Å². The second-order valence-corrected chi connectivity index (χ2v) is 23.1. The maximum Gasteiger partial charge on any atom is 0.328 e. The van der Waals surface area contributed by atoms with Crippen LogP contribution in [0.4, 0.5) is 0 Å². The Kier molecular flexibility index (Phi) is 13.0. The molecule has 342 valence electrons. The van der Waals surface area contributed by atoms with Crippen molar-refractivity contribution in [2.24, 2.45) is 50.2 Å². The normalized spacial score (nSPS) is 36.2. The van der Waals surface area contributed by atoms with E-state index in [-0.39, 0.29) is 39.1 Å². The number of carboxylic acids is 3. The van der Waals surface area contributed by atoms with E-state index in [0.29, 0.717) is 36.8 Å². The SMILES string of the molecule is CC1(C)CCC2(C(=O)O)C(O)CC3(C)C(=CCC4C5(C)CCC(O)C(C)(C)C5CCC43C)C2C1.CN1CCC(=C2c3ccccc3Sc3ccccc32)CC1.O=C(O)C=CC(=O)O. The van der Waals surface area contributed by atoms with Crippen LogP contribution in [0, 0.1) is 50.2 Å². The van der Waals surface area contributed by atoms with Crippen molar-refractivity contribution in [2.75, 3.05) is 20.1 Å². The Morgan fingerprint density at radius 1 is 0.714 bits per heavy atom. The Morgan fingerprint density at radius 3 is 1.84 bits per heavy atom. The van der Waals surface area contributed by atoms with Gasteiger partial charge in [0.05, 0.1) is 12.2 Å². The summed E-state index contributed by atoms with van der Waals surface area (Å²) in [4.78, 5) is 37.1. The van der Waals surface area contributed by atoms with E-state index in [1.165, 1.54) is 58.0 Å². The van der Waals surface area contributed by atoms with E-state index < -0.39 is 29.4 Å². The third-order valence-electron chi connectivity index (χ3n) is 17.9. The minimum atomic E-state index is -1.26. The quantitative estimate of drug-likeness (QED) is 0.127. The van der Waals surface area contributed by atoms with E-state index in [1.807, 2.05) is 11.8 Å². The molecule has 2 aliphatic heterocycles. The van der Waals surface area contributed by atoms with Gasteiger partial charge in [0.25, 0.3) is 0 Å². The van der Waals surface area contributed by atoms with Crippen molar-refractivity contribution in [3.8, 4) is 0 Å². The van der Waals surface area contributed by atoms with E-state index in [4.69, 9.17) is 10.2 Å². The molecule has 0 radical (unpaired) electrons. The van der Waals surface area contributed by atoms with Gasteiger partial charge in [-0.15, -0.1) is 0 Å². The lowest BCUT2D eigenvalue weighted by molar-refractivity contribution is -0.218. The highest BCUT2D eigenvalue weighted by Crippen LogP contribution is 2.75. The number of aliphatic hydroxyl groups is 2. The van der Waals surface area contributed by atoms with Crippen molar-refractivity contribution in [2.45, 2.75) is 141 Å². The van der Waals surface area contributed by atoms with Gasteiger partial charge in [0, 0.05) is 35.0 Å². The number of aliphatic carboxylic acids is 3. The van der Waals surface area contributed by atoms with Crippen molar-refractivity contribution in [1.29, 1.82) is 0 Å². The van der Waals surface area contributed by atoms with Crippen molar-refractivity contribution < 1.29 is 39.9 Å². The first-order valence-corrected chi connectivity index (χ1v) is 24.0. The molecule has 7 aliphatic rings. The van der Waals surface area contributed by atoms with Crippen LogP contribution >= 0.6 is 11.8 Å². The molecule has 4 saturated carbocycles. The number of benzene rings is 2. The summed E-state index contributed by atoms with van der Waals surface area (Å²) in [6, 6.07) is 17.7. The molecule has 0 aromatic heterocycles. The lowest BCUT2D eigenvalue weighted by Gasteiger charge is -2.71. The molecule has 10 heteroatoms. The van der Waals surface area contributed by atoms with Gasteiger partial charge in [0.1, 0.15) is 5.41 Å². The van der Waals surface area contributed by atoms with E-state index in [0.717, 1.165) is 44.9 Å². The van der Waals surface area contributed by atoms with E-state index in [2.05, 4.69) is 115 Å². The Hall–Kier alpha value is -3.70. The third kappa shape index (κ3) is 8.18. The molecule has 1 saturated heterocycles. The monoisotopic (exact) mass is 881 g/mol. The Labute approximate surface area is 379 Å². The number of rotatable bonds is 3. The summed E-state index contributed by atoms with van der Waals surface area (Å²) >= 11 is 1.91. The summed E-state index contributed by atoms with van der Waals surface area (Å²) in [5, 5.41) is 48.7. The first-order valence-electron chi connectivity index (χ1n) is 23.2. The van der Waals surface area contributed by atoms with Crippen molar-refractivity contribution >= 4 is 35.2 Å². The molecule has 5 N–H and O–H groups in total. The lowest BCUT2D eigenvalue weighted by atomic mass is 9.33. The van der Waals surface area contributed by atoms with Gasteiger partial charge in [-0.1, -0.05) is 114 Å². The summed E-state index contributed by atoms with van der Waals surface area (Å²) in [6.07, 6.45) is 12.9. The largest absolute Gasteiger partial charge is 0.481 e. The zero-order valence-corrected chi connectivity index (χ0v) is 39.6. The molecule has 9 nitrogen and oxygen atoms in total. The molecule has 2 aromatic rings. The molecule has 9 unspecified atom stereocenters. The molecule has 5 aliphatic carbocycles. The third-order valence-corrected chi connectivity index (χ3v) is 19.1. The van der Waals surface area contributed by atoms with Crippen LogP contribution in [0.25, 0.3) is 5.57 Å². The number of hydrogen-bond acceptors (Lipinski definition) is 7. The smallest absolute Gasteiger partial charge is 0.328 e. The average Bonchev–Trinajstić information content (AvgIpc) is 3.21. The molecule has 9 rings (SSSR count). The predicted molar refractivity (Wildman–Crippen MR) is 248 cm³/mol. The summed E-state index contributed by atoms with van der Waals surface area (Å²) < 4.78 is 0. The first kappa shape index (κ1) is 47.3. The number of aliphatic hydroxyl groups excluding tert-OH is 2. The Morgan fingerprint density at radius 2 is 1.29 bits per heavy atom. The van der Waals surface area contributed by atoms with Crippen LogP contribution in [-0.2, 0) is 14.4 Å². The van der Waals surface area contributed by atoms with Crippen molar-refractivity contribution in [3.63, 3.8) is 0 Å². The minimum Gasteiger partial charge on any atom is -0.481 e. The summed E-state index contributed by atoms with van der Waals surface area (Å²) in [6.45, 7) is 18.8. The number of piperidine rings is 1. The predicted octanol–water partition coefficient (Wildman–Crippen LogP) is 10.6. The number of fused-ring (bicyclic) bond motifs is 9. The molecular formula is C53H71NO8S. The second-order valence-electron chi connectivity index (χ2n) is 22.0. The van der Waals surface area contributed by atoms with E-state index >= 15 is 0 Å². The Bertz CT molecular complexity index is 2130. The summed E-state index contributed by atoms with van der Waals surface area (Å²) in [5.74, 6) is -2.43. The van der Waals surface area contributed by atoms with E-state index in [1.54, 1.807) is 5.57 Å². The van der Waals surface area contributed by atoms with Crippen LogP contribution in [0.1, 0.15) is 130 Å². The second kappa shape index (κ2) is 17.3. The summed E-state index contributed by atoms with van der Waals surface area (Å²) in [7, 11) is 2.22. The van der Waals surface area contributed by atoms with Crippen molar-refractivity contribution in [3.05, 3.63) is 89.0 Å². The van der Waals surface area contributed by atoms with Gasteiger partial charge in [-0.25, -0.2) is 9.59 Å². The highest BCUT2D eigenvalue weighted by Gasteiger charge is 2.71. The molecule has 63 heavy (non-hydrogen) atoms. The van der Waals surface area contributed by atoms with E-state index in [9.17, 15) is 29.7 Å². The maximum absolute atomic E-state index is 12.8. The number of allylic oxidation sites excluding steroid dienone is 2. The number of hydrogen-bond donors (Lipinski definition) is 5. The molecule has 2 heterocycles. The van der Waals surface area contributed by atoms with Crippen LogP contribution in [0.5, 0.6) is 0 Å². The average molecular weight is 882 g/mol. The molecule has 5 fully saturated rings. The van der Waals surface area contributed by atoms with Crippen LogP contribution in [0.2, 0.25) is 0 Å². The molecule has 0 bridgehead atoms. The zero-order valence-electron chi connectivity index (χ0n) is 38.7. The molecular weight excluding hydrogens is 811 g/mol. The minimum absolute atomic E-state index is 0.0218. The van der Waals surface area contributed by atoms with Gasteiger partial charge in [-0.3, -0.25) is 4.79 Å². The first-order chi connectivity index (χ1) is 29.5. The Balaban J connectivity index is 0.000000173. The van der Waals surface area contributed by atoms with Gasteiger partial charge >= 0.3 is 17.9 Å².